The summed E-state index contributed by atoms with van der Waals surface area (Å²) in [4.78, 5) is 12.7. The Morgan fingerprint density at radius 3 is 2.56 bits per heavy atom. The molecule has 4 nitrogen and oxygen atoms in total. The molecule has 1 amide bonds. The van der Waals surface area contributed by atoms with Crippen molar-refractivity contribution in [3.63, 3.8) is 0 Å². The Bertz CT molecular complexity index is 313. The van der Waals surface area contributed by atoms with E-state index in [1.165, 1.54) is 0 Å². The van der Waals surface area contributed by atoms with Crippen LogP contribution in [-0.2, 0) is 9.53 Å². The lowest BCUT2D eigenvalue weighted by atomic mass is 9.75. The first-order valence-corrected chi connectivity index (χ1v) is 7.17. The van der Waals surface area contributed by atoms with E-state index in [1.54, 1.807) is 0 Å². The lowest BCUT2D eigenvalue weighted by Crippen LogP contribution is -2.57. The zero-order valence-electron chi connectivity index (χ0n) is 11.8. The van der Waals surface area contributed by atoms with Crippen LogP contribution in [0.3, 0.4) is 0 Å². The van der Waals surface area contributed by atoms with Gasteiger partial charge in [-0.3, -0.25) is 4.79 Å². The third-order valence-corrected chi connectivity index (χ3v) is 5.00. The van der Waals surface area contributed by atoms with Crippen molar-refractivity contribution in [2.75, 3.05) is 19.7 Å². The summed E-state index contributed by atoms with van der Waals surface area (Å²) < 4.78 is 5.60. The molecule has 0 aromatic carbocycles. The largest absolute Gasteiger partial charge is 0.376 e. The van der Waals surface area contributed by atoms with Gasteiger partial charge in [-0.15, -0.1) is 0 Å². The van der Waals surface area contributed by atoms with Gasteiger partial charge < -0.3 is 15.4 Å². The average molecular weight is 254 g/mol. The number of carbonyl (C=O) groups is 1. The molecule has 2 heterocycles. The molecule has 2 atom stereocenters. The Labute approximate surface area is 110 Å². The molecule has 2 aliphatic heterocycles. The molecule has 2 rings (SSSR count). The molecule has 18 heavy (non-hydrogen) atoms. The van der Waals surface area contributed by atoms with Gasteiger partial charge in [-0.05, 0) is 52.6 Å². The van der Waals surface area contributed by atoms with Crippen LogP contribution in [0.15, 0.2) is 0 Å². The zero-order valence-corrected chi connectivity index (χ0v) is 11.8. The van der Waals surface area contributed by atoms with Crippen molar-refractivity contribution in [3.8, 4) is 0 Å². The fourth-order valence-electron chi connectivity index (χ4n) is 3.04. The van der Waals surface area contributed by atoms with Gasteiger partial charge in [0.2, 0.25) is 5.91 Å². The molecule has 0 radical (unpaired) electrons. The van der Waals surface area contributed by atoms with Gasteiger partial charge >= 0.3 is 0 Å². The summed E-state index contributed by atoms with van der Waals surface area (Å²) in [6.45, 7) is 8.93. The lowest BCUT2D eigenvalue weighted by Gasteiger charge is -2.39. The van der Waals surface area contributed by atoms with Crippen molar-refractivity contribution in [1.82, 2.24) is 10.6 Å². The van der Waals surface area contributed by atoms with E-state index in [0.29, 0.717) is 0 Å². The van der Waals surface area contributed by atoms with E-state index in [0.717, 1.165) is 45.4 Å². The second-order valence-electron chi connectivity index (χ2n) is 6.02. The topological polar surface area (TPSA) is 50.4 Å². The number of amides is 1. The van der Waals surface area contributed by atoms with Crippen LogP contribution < -0.4 is 10.6 Å². The molecule has 2 fully saturated rings. The predicted octanol–water partition coefficient (Wildman–Crippen LogP) is 1.45. The minimum Gasteiger partial charge on any atom is -0.376 e. The molecule has 2 saturated heterocycles. The number of carbonyl (C=O) groups excluding carboxylic acids is 1. The molecule has 0 spiro atoms. The molecular formula is C14H26N2O2. The Kier molecular flexibility index (Phi) is 3.97. The highest BCUT2D eigenvalue weighted by Gasteiger charge is 2.44. The van der Waals surface area contributed by atoms with Crippen molar-refractivity contribution in [1.29, 1.82) is 0 Å². The Morgan fingerprint density at radius 2 is 2.06 bits per heavy atom. The van der Waals surface area contributed by atoms with E-state index in [9.17, 15) is 4.79 Å². The summed E-state index contributed by atoms with van der Waals surface area (Å²) in [5.74, 6) is 0.228. The second kappa shape index (κ2) is 5.17. The van der Waals surface area contributed by atoms with Crippen LogP contribution in [-0.4, -0.2) is 37.2 Å². The van der Waals surface area contributed by atoms with Gasteiger partial charge in [-0.25, -0.2) is 0 Å². The van der Waals surface area contributed by atoms with E-state index in [1.807, 2.05) is 6.92 Å². The maximum absolute atomic E-state index is 12.7. The standard InChI is InChI=1S/C14H26N2O2/c1-4-14(5-8-15-9-6-14)12(17)16-13(3)7-10-18-11(13)2/h11,15H,4-10H2,1-3H3,(H,16,17). The summed E-state index contributed by atoms with van der Waals surface area (Å²) in [5.41, 5.74) is -0.360. The molecule has 2 unspecified atom stereocenters. The van der Waals surface area contributed by atoms with Crippen LogP contribution >= 0.6 is 0 Å². The van der Waals surface area contributed by atoms with Crippen molar-refractivity contribution >= 4 is 5.91 Å². The summed E-state index contributed by atoms with van der Waals surface area (Å²) in [6, 6.07) is 0. The van der Waals surface area contributed by atoms with Crippen molar-refractivity contribution < 1.29 is 9.53 Å². The van der Waals surface area contributed by atoms with Crippen molar-refractivity contribution in [2.24, 2.45) is 5.41 Å². The van der Waals surface area contributed by atoms with Gasteiger partial charge in [0.1, 0.15) is 0 Å². The Balaban J connectivity index is 2.05. The van der Waals surface area contributed by atoms with Crippen LogP contribution in [0.1, 0.15) is 46.5 Å². The molecule has 0 saturated carbocycles. The van der Waals surface area contributed by atoms with Crippen LogP contribution in [0.4, 0.5) is 0 Å². The van der Waals surface area contributed by atoms with E-state index < -0.39 is 0 Å². The first kappa shape index (κ1) is 13.8. The van der Waals surface area contributed by atoms with Crippen LogP contribution in [0.2, 0.25) is 0 Å². The van der Waals surface area contributed by atoms with Crippen LogP contribution in [0.5, 0.6) is 0 Å². The van der Waals surface area contributed by atoms with Gasteiger partial charge in [0, 0.05) is 6.61 Å². The summed E-state index contributed by atoms with van der Waals surface area (Å²) in [7, 11) is 0. The smallest absolute Gasteiger partial charge is 0.226 e. The normalized spacial score (nSPS) is 35.4. The highest BCUT2D eigenvalue weighted by atomic mass is 16.5. The van der Waals surface area contributed by atoms with Gasteiger partial charge in [0.15, 0.2) is 0 Å². The molecular weight excluding hydrogens is 228 g/mol. The van der Waals surface area contributed by atoms with Crippen molar-refractivity contribution in [3.05, 3.63) is 0 Å². The van der Waals surface area contributed by atoms with Gasteiger partial charge in [0.25, 0.3) is 0 Å². The number of hydrogen-bond acceptors (Lipinski definition) is 3. The summed E-state index contributed by atoms with van der Waals surface area (Å²) in [6.07, 6.45) is 3.84. The van der Waals surface area contributed by atoms with E-state index in [2.05, 4.69) is 24.5 Å². The Morgan fingerprint density at radius 1 is 1.39 bits per heavy atom. The fraction of sp³-hybridized carbons (Fsp3) is 0.929. The molecule has 2 aliphatic rings. The maximum atomic E-state index is 12.7. The highest BCUT2D eigenvalue weighted by molar-refractivity contribution is 5.83. The summed E-state index contributed by atoms with van der Waals surface area (Å²) in [5, 5.41) is 6.61. The van der Waals surface area contributed by atoms with Gasteiger partial charge in [-0.1, -0.05) is 6.92 Å². The molecule has 4 heteroatoms. The molecule has 0 aromatic rings. The first-order chi connectivity index (χ1) is 8.52. The van der Waals surface area contributed by atoms with Gasteiger partial charge in [-0.2, -0.15) is 0 Å². The average Bonchev–Trinajstić information content (AvgIpc) is 2.70. The Hall–Kier alpha value is -0.610. The third kappa shape index (κ3) is 2.41. The van der Waals surface area contributed by atoms with Crippen LogP contribution in [0.25, 0.3) is 0 Å². The van der Waals surface area contributed by atoms with Gasteiger partial charge in [0.05, 0.1) is 17.1 Å². The molecule has 2 N–H and O–H groups in total. The van der Waals surface area contributed by atoms with E-state index in [4.69, 9.17) is 4.74 Å². The molecule has 104 valence electrons. The van der Waals surface area contributed by atoms with E-state index in [-0.39, 0.29) is 23.0 Å². The summed E-state index contributed by atoms with van der Waals surface area (Å²) >= 11 is 0. The maximum Gasteiger partial charge on any atom is 0.226 e. The predicted molar refractivity (Wildman–Crippen MR) is 71.4 cm³/mol. The number of ether oxygens (including phenoxy) is 1. The minimum atomic E-state index is -0.190. The molecule has 0 aromatic heterocycles. The quantitative estimate of drug-likeness (QED) is 0.801. The highest BCUT2D eigenvalue weighted by Crippen LogP contribution is 2.35. The van der Waals surface area contributed by atoms with Crippen molar-refractivity contribution in [2.45, 2.75) is 58.1 Å². The second-order valence-corrected chi connectivity index (χ2v) is 6.02. The fourth-order valence-corrected chi connectivity index (χ4v) is 3.04. The molecule has 0 aliphatic carbocycles. The third-order valence-electron chi connectivity index (χ3n) is 5.00. The lowest BCUT2D eigenvalue weighted by molar-refractivity contribution is -0.135. The minimum absolute atomic E-state index is 0.108. The number of nitrogens with one attached hydrogen (secondary N) is 2. The SMILES string of the molecule is CCC1(C(=O)NC2(C)CCOC2C)CCNCC1. The number of hydrogen-bond donors (Lipinski definition) is 2. The van der Waals surface area contributed by atoms with E-state index >= 15 is 0 Å². The number of piperidine rings is 1. The molecule has 0 bridgehead atoms. The number of rotatable bonds is 3. The zero-order chi connectivity index (χ0) is 13.2. The monoisotopic (exact) mass is 254 g/mol. The van der Waals surface area contributed by atoms with Crippen LogP contribution in [0, 0.1) is 5.41 Å². The first-order valence-electron chi connectivity index (χ1n) is 7.17.